The lowest BCUT2D eigenvalue weighted by Gasteiger charge is -2.36. The predicted octanol–water partition coefficient (Wildman–Crippen LogP) is 4.84. The molecule has 2 aromatic rings. The van der Waals surface area contributed by atoms with E-state index < -0.39 is 29.6 Å². The Labute approximate surface area is 242 Å². The lowest BCUT2D eigenvalue weighted by atomic mass is 9.74. The lowest BCUT2D eigenvalue weighted by Crippen LogP contribution is -2.57. The zero-order valence-corrected chi connectivity index (χ0v) is 24.2. The number of rotatable bonds is 8. The molecule has 1 spiro atoms. The Morgan fingerprint density at radius 3 is 2.46 bits per heavy atom. The topological polar surface area (TPSA) is 87.7 Å². The van der Waals surface area contributed by atoms with Gasteiger partial charge in [0, 0.05) is 18.3 Å². The van der Waals surface area contributed by atoms with Crippen LogP contribution in [0.5, 0.6) is 0 Å². The summed E-state index contributed by atoms with van der Waals surface area (Å²) in [4.78, 5) is 43.7. The molecule has 2 N–H and O–H groups in total. The quantitative estimate of drug-likeness (QED) is 0.457. The largest absolute Gasteiger partial charge is 0.359 e. The Morgan fingerprint density at radius 2 is 1.76 bits per heavy atom. The van der Waals surface area contributed by atoms with E-state index in [-0.39, 0.29) is 23.8 Å². The zero-order valence-electron chi connectivity index (χ0n) is 24.2. The van der Waals surface area contributed by atoms with Crippen molar-refractivity contribution in [2.75, 3.05) is 11.9 Å². The van der Waals surface area contributed by atoms with E-state index >= 15 is 0 Å². The summed E-state index contributed by atoms with van der Waals surface area (Å²) in [5, 5.41) is 6.33. The highest BCUT2D eigenvalue weighted by Gasteiger charge is 2.72. The summed E-state index contributed by atoms with van der Waals surface area (Å²) in [7, 11) is 0. The molecule has 41 heavy (non-hydrogen) atoms. The normalized spacial score (nSPS) is 31.9. The molecule has 216 valence electrons. The average Bonchev–Trinajstić information content (AvgIpc) is 3.61. The van der Waals surface area contributed by atoms with Crippen molar-refractivity contribution in [2.24, 2.45) is 17.8 Å². The minimum atomic E-state index is -1.15. The van der Waals surface area contributed by atoms with Gasteiger partial charge in [0.2, 0.25) is 17.7 Å². The van der Waals surface area contributed by atoms with E-state index in [4.69, 9.17) is 4.74 Å². The van der Waals surface area contributed by atoms with Crippen molar-refractivity contribution in [3.8, 4) is 0 Å². The summed E-state index contributed by atoms with van der Waals surface area (Å²) in [6.07, 6.45) is 8.12. The molecule has 3 heterocycles. The van der Waals surface area contributed by atoms with Gasteiger partial charge in [-0.2, -0.15) is 0 Å². The molecule has 3 amide bonds. The third-order valence-electron chi connectivity index (χ3n) is 9.69. The van der Waals surface area contributed by atoms with Crippen molar-refractivity contribution in [1.82, 2.24) is 10.2 Å². The van der Waals surface area contributed by atoms with Crippen molar-refractivity contribution in [1.29, 1.82) is 0 Å². The number of amides is 3. The van der Waals surface area contributed by atoms with Crippen molar-refractivity contribution in [2.45, 2.75) is 82.6 Å². The first-order valence-corrected chi connectivity index (χ1v) is 15.2. The lowest BCUT2D eigenvalue weighted by molar-refractivity contribution is -0.141. The summed E-state index contributed by atoms with van der Waals surface area (Å²) in [6, 6.07) is 17.1. The highest BCUT2D eigenvalue weighted by molar-refractivity contribution is 6.02. The molecule has 3 fully saturated rings. The number of nitrogens with zero attached hydrogens (tertiary/aromatic N) is 1. The van der Waals surface area contributed by atoms with Crippen LogP contribution in [0.25, 0.3) is 0 Å². The Balaban J connectivity index is 1.28. The van der Waals surface area contributed by atoms with Gasteiger partial charge in [0.05, 0.1) is 17.9 Å². The van der Waals surface area contributed by atoms with Gasteiger partial charge in [-0.25, -0.2) is 0 Å². The molecule has 0 radical (unpaired) electrons. The SMILES string of the molecule is CC(C)c1ccc(NC(=O)C2[C@H]3C=CC4(O3)C(C(=O)NC3CCCCC3C)N(CCc3ccccc3)C(=O)[C@@H]24)cc1. The second kappa shape index (κ2) is 11.1. The number of fused-ring (bicyclic) bond motifs is 1. The summed E-state index contributed by atoms with van der Waals surface area (Å²) in [5.41, 5.74) is 1.82. The maximum absolute atomic E-state index is 14.2. The molecule has 7 atom stereocenters. The number of benzene rings is 2. The molecule has 2 bridgehead atoms. The van der Waals surface area contributed by atoms with Crippen LogP contribution < -0.4 is 10.6 Å². The van der Waals surface area contributed by atoms with Gasteiger partial charge < -0.3 is 20.3 Å². The van der Waals surface area contributed by atoms with Crippen molar-refractivity contribution in [3.05, 3.63) is 77.9 Å². The average molecular weight is 556 g/mol. The first-order valence-electron chi connectivity index (χ1n) is 15.2. The summed E-state index contributed by atoms with van der Waals surface area (Å²) >= 11 is 0. The van der Waals surface area contributed by atoms with Gasteiger partial charge in [-0.1, -0.05) is 88.2 Å². The van der Waals surface area contributed by atoms with E-state index in [0.29, 0.717) is 30.5 Å². The molecule has 5 unspecified atom stereocenters. The van der Waals surface area contributed by atoms with Gasteiger partial charge in [-0.05, 0) is 54.4 Å². The number of hydrogen-bond acceptors (Lipinski definition) is 4. The van der Waals surface area contributed by atoms with Gasteiger partial charge >= 0.3 is 0 Å². The van der Waals surface area contributed by atoms with Crippen LogP contribution in [0.2, 0.25) is 0 Å². The number of carbonyl (C=O) groups is 3. The number of nitrogens with one attached hydrogen (secondary N) is 2. The second-order valence-corrected chi connectivity index (χ2v) is 12.6. The van der Waals surface area contributed by atoms with Crippen LogP contribution in [-0.4, -0.2) is 53.0 Å². The summed E-state index contributed by atoms with van der Waals surface area (Å²) in [6.45, 7) is 6.82. The van der Waals surface area contributed by atoms with Gasteiger partial charge in [0.25, 0.3) is 0 Å². The molecule has 1 aliphatic carbocycles. The molecule has 1 saturated carbocycles. The summed E-state index contributed by atoms with van der Waals surface area (Å²) in [5.74, 6) is -1.29. The molecule has 2 aromatic carbocycles. The Hall–Kier alpha value is -3.45. The Morgan fingerprint density at radius 1 is 1.02 bits per heavy atom. The molecule has 0 aromatic heterocycles. The molecular formula is C34H41N3O4. The number of hydrogen-bond donors (Lipinski definition) is 2. The smallest absolute Gasteiger partial charge is 0.246 e. The number of carbonyl (C=O) groups excluding carboxylic acids is 3. The van der Waals surface area contributed by atoms with Crippen LogP contribution in [0.4, 0.5) is 5.69 Å². The zero-order chi connectivity index (χ0) is 28.7. The fraction of sp³-hybridized carbons (Fsp3) is 0.500. The molecule has 4 aliphatic rings. The van der Waals surface area contributed by atoms with Gasteiger partial charge in [0.15, 0.2) is 0 Å². The molecule has 7 nitrogen and oxygen atoms in total. The first-order chi connectivity index (χ1) is 19.8. The number of likely N-dealkylation sites (tertiary alicyclic amines) is 1. The van der Waals surface area contributed by atoms with Crippen LogP contribution in [-0.2, 0) is 25.5 Å². The molecule has 7 heteroatoms. The standard InChI is InChI=1S/C34H41N3O4/c1-21(2)24-13-15-25(16-14-24)35-31(38)28-27-17-19-34(41-27)29(28)33(40)37(20-18-23-10-5-4-6-11-23)30(34)32(39)36-26-12-8-7-9-22(26)3/h4-6,10-11,13-17,19,21-22,26-30H,7-9,12,18,20H2,1-3H3,(H,35,38)(H,36,39)/t22?,26?,27-,28?,29-,30?,34?/m1/s1. The summed E-state index contributed by atoms with van der Waals surface area (Å²) < 4.78 is 6.51. The minimum Gasteiger partial charge on any atom is -0.359 e. The van der Waals surface area contributed by atoms with Gasteiger partial charge in [-0.3, -0.25) is 14.4 Å². The maximum atomic E-state index is 14.2. The predicted molar refractivity (Wildman–Crippen MR) is 158 cm³/mol. The van der Waals surface area contributed by atoms with E-state index in [2.05, 4.69) is 31.4 Å². The van der Waals surface area contributed by atoms with E-state index in [1.54, 1.807) is 4.90 Å². The minimum absolute atomic E-state index is 0.0771. The van der Waals surface area contributed by atoms with Gasteiger partial charge in [-0.15, -0.1) is 0 Å². The third-order valence-corrected chi connectivity index (χ3v) is 9.69. The van der Waals surface area contributed by atoms with Crippen LogP contribution in [0.3, 0.4) is 0 Å². The van der Waals surface area contributed by atoms with Crippen molar-refractivity contribution in [3.63, 3.8) is 0 Å². The third kappa shape index (κ3) is 4.99. The van der Waals surface area contributed by atoms with Crippen LogP contribution in [0.1, 0.15) is 63.5 Å². The maximum Gasteiger partial charge on any atom is 0.246 e. The fourth-order valence-corrected chi connectivity index (χ4v) is 7.37. The number of ether oxygens (including phenoxy) is 1. The van der Waals surface area contributed by atoms with Crippen LogP contribution >= 0.6 is 0 Å². The monoisotopic (exact) mass is 555 g/mol. The van der Waals surface area contributed by atoms with E-state index in [1.807, 2.05) is 66.7 Å². The van der Waals surface area contributed by atoms with E-state index in [0.717, 1.165) is 24.8 Å². The fourth-order valence-electron chi connectivity index (χ4n) is 7.37. The number of anilines is 1. The molecule has 2 saturated heterocycles. The first kappa shape index (κ1) is 27.7. The van der Waals surface area contributed by atoms with E-state index in [9.17, 15) is 14.4 Å². The van der Waals surface area contributed by atoms with Crippen molar-refractivity contribution < 1.29 is 19.1 Å². The van der Waals surface area contributed by atoms with Gasteiger partial charge in [0.1, 0.15) is 11.6 Å². The van der Waals surface area contributed by atoms with Crippen molar-refractivity contribution >= 4 is 23.4 Å². The molecule has 6 rings (SSSR count). The van der Waals surface area contributed by atoms with Crippen LogP contribution in [0, 0.1) is 17.8 Å². The Kier molecular flexibility index (Phi) is 7.49. The Bertz CT molecular complexity index is 1320. The highest BCUT2D eigenvalue weighted by atomic mass is 16.5. The van der Waals surface area contributed by atoms with E-state index in [1.165, 1.54) is 12.0 Å². The second-order valence-electron chi connectivity index (χ2n) is 12.6. The van der Waals surface area contributed by atoms with Crippen LogP contribution in [0.15, 0.2) is 66.7 Å². The molecule has 3 aliphatic heterocycles. The highest BCUT2D eigenvalue weighted by Crippen LogP contribution is 2.55. The molecular weight excluding hydrogens is 514 g/mol.